The Balaban J connectivity index is 2.82. The zero-order valence-corrected chi connectivity index (χ0v) is 8.75. The Bertz CT molecular complexity index is 350. The number of methoxy groups -OCH3 is 1. The van der Waals surface area contributed by atoms with Crippen LogP contribution < -0.4 is 4.74 Å². The van der Waals surface area contributed by atoms with Gasteiger partial charge in [-0.3, -0.25) is 4.79 Å². The number of carbonyl (C=O) groups excluding carboxylic acids is 1. The summed E-state index contributed by atoms with van der Waals surface area (Å²) in [4.78, 5) is 11.2. The lowest BCUT2D eigenvalue weighted by Gasteiger charge is -2.09. The van der Waals surface area contributed by atoms with E-state index in [0.717, 1.165) is 0 Å². The fourth-order valence-electron chi connectivity index (χ4n) is 1.14. The second-order valence-electron chi connectivity index (χ2n) is 3.04. The van der Waals surface area contributed by atoms with Gasteiger partial charge in [0.25, 0.3) is 0 Å². The Morgan fingerprint density at radius 2 is 2.13 bits per heavy atom. The molecule has 0 aliphatic rings. The van der Waals surface area contributed by atoms with Gasteiger partial charge in [-0.2, -0.15) is 0 Å². The van der Waals surface area contributed by atoms with E-state index in [1.807, 2.05) is 0 Å². The van der Waals surface area contributed by atoms with Crippen molar-refractivity contribution in [1.82, 2.24) is 0 Å². The number of halogens is 1. The van der Waals surface area contributed by atoms with Gasteiger partial charge >= 0.3 is 0 Å². The number of rotatable bonds is 5. The van der Waals surface area contributed by atoms with Crippen LogP contribution in [0.5, 0.6) is 5.75 Å². The van der Waals surface area contributed by atoms with E-state index < -0.39 is 5.82 Å². The van der Waals surface area contributed by atoms with Crippen molar-refractivity contribution >= 4 is 5.78 Å². The largest absolute Gasteiger partial charge is 0.490 e. The van der Waals surface area contributed by atoms with E-state index in [9.17, 15) is 9.18 Å². The van der Waals surface area contributed by atoms with Crippen LogP contribution in [0.15, 0.2) is 18.2 Å². The molecule has 15 heavy (non-hydrogen) atoms. The molecule has 1 aromatic rings. The topological polar surface area (TPSA) is 35.5 Å². The van der Waals surface area contributed by atoms with Crippen LogP contribution in [-0.4, -0.2) is 26.1 Å². The zero-order chi connectivity index (χ0) is 11.3. The van der Waals surface area contributed by atoms with Crippen LogP contribution >= 0.6 is 0 Å². The van der Waals surface area contributed by atoms with Crippen LogP contribution in [0.3, 0.4) is 0 Å². The third-order valence-corrected chi connectivity index (χ3v) is 1.87. The van der Waals surface area contributed by atoms with Gasteiger partial charge in [0.2, 0.25) is 0 Å². The molecule has 0 saturated carbocycles. The number of ketones is 1. The number of ether oxygens (including phenoxy) is 2. The molecule has 0 unspecified atom stereocenters. The van der Waals surface area contributed by atoms with Gasteiger partial charge in [0.15, 0.2) is 5.78 Å². The molecule has 0 fully saturated rings. The van der Waals surface area contributed by atoms with E-state index in [1.165, 1.54) is 25.1 Å². The Morgan fingerprint density at radius 3 is 2.73 bits per heavy atom. The van der Waals surface area contributed by atoms with E-state index in [1.54, 1.807) is 7.11 Å². The lowest BCUT2D eigenvalue weighted by atomic mass is 10.1. The van der Waals surface area contributed by atoms with Gasteiger partial charge in [0.1, 0.15) is 18.2 Å². The van der Waals surface area contributed by atoms with Crippen LogP contribution in [-0.2, 0) is 4.74 Å². The molecule has 3 nitrogen and oxygen atoms in total. The van der Waals surface area contributed by atoms with Gasteiger partial charge in [-0.15, -0.1) is 0 Å². The highest BCUT2D eigenvalue weighted by Gasteiger charge is 2.09. The van der Waals surface area contributed by atoms with Gasteiger partial charge in [-0.25, -0.2) is 4.39 Å². The van der Waals surface area contributed by atoms with Crippen LogP contribution in [0, 0.1) is 5.82 Å². The molecule has 0 aromatic heterocycles. The smallest absolute Gasteiger partial charge is 0.163 e. The van der Waals surface area contributed by atoms with E-state index in [-0.39, 0.29) is 11.5 Å². The molecule has 1 rings (SSSR count). The summed E-state index contributed by atoms with van der Waals surface area (Å²) in [5.74, 6) is -0.311. The van der Waals surface area contributed by atoms with Crippen LogP contribution in [0.4, 0.5) is 4.39 Å². The molecular weight excluding hydrogens is 199 g/mol. The summed E-state index contributed by atoms with van der Waals surface area (Å²) in [7, 11) is 1.54. The lowest BCUT2D eigenvalue weighted by molar-refractivity contribution is 0.100. The molecule has 0 amide bonds. The van der Waals surface area contributed by atoms with Gasteiger partial charge < -0.3 is 9.47 Å². The minimum Gasteiger partial charge on any atom is -0.490 e. The summed E-state index contributed by atoms with van der Waals surface area (Å²) in [6.07, 6.45) is 0. The Labute approximate surface area is 87.8 Å². The van der Waals surface area contributed by atoms with E-state index in [2.05, 4.69) is 0 Å². The lowest BCUT2D eigenvalue weighted by Crippen LogP contribution is -2.07. The van der Waals surface area contributed by atoms with E-state index in [0.29, 0.717) is 18.8 Å². The third kappa shape index (κ3) is 3.32. The molecular formula is C11H13FO3. The summed E-state index contributed by atoms with van der Waals surface area (Å²) in [5, 5.41) is 0. The zero-order valence-electron chi connectivity index (χ0n) is 8.75. The Hall–Kier alpha value is -1.42. The summed E-state index contributed by atoms with van der Waals surface area (Å²) in [5.41, 5.74) is 0.382. The number of benzene rings is 1. The maximum absolute atomic E-state index is 12.9. The summed E-state index contributed by atoms with van der Waals surface area (Å²) in [6, 6.07) is 3.85. The molecule has 82 valence electrons. The molecule has 0 spiro atoms. The second kappa shape index (κ2) is 5.46. The first kappa shape index (κ1) is 11.7. The molecule has 0 aliphatic heterocycles. The van der Waals surface area contributed by atoms with Crippen molar-refractivity contribution in [2.45, 2.75) is 6.92 Å². The molecule has 0 saturated heterocycles. The van der Waals surface area contributed by atoms with Crippen molar-refractivity contribution in [2.24, 2.45) is 0 Å². The highest BCUT2D eigenvalue weighted by Crippen LogP contribution is 2.20. The number of carbonyl (C=O) groups is 1. The van der Waals surface area contributed by atoms with Gasteiger partial charge in [0.05, 0.1) is 12.2 Å². The van der Waals surface area contributed by atoms with Gasteiger partial charge in [-0.1, -0.05) is 0 Å². The predicted octanol–water partition coefficient (Wildman–Crippen LogP) is 2.05. The minimum absolute atomic E-state index is 0.151. The molecule has 0 bridgehead atoms. The van der Waals surface area contributed by atoms with Crippen molar-refractivity contribution in [1.29, 1.82) is 0 Å². The van der Waals surface area contributed by atoms with Crippen molar-refractivity contribution in [3.63, 3.8) is 0 Å². The molecule has 0 N–H and O–H groups in total. The highest BCUT2D eigenvalue weighted by atomic mass is 19.1. The third-order valence-electron chi connectivity index (χ3n) is 1.87. The van der Waals surface area contributed by atoms with E-state index >= 15 is 0 Å². The number of hydrogen-bond acceptors (Lipinski definition) is 3. The first-order valence-corrected chi connectivity index (χ1v) is 4.57. The summed E-state index contributed by atoms with van der Waals surface area (Å²) in [6.45, 7) is 2.10. The molecule has 0 atom stereocenters. The monoisotopic (exact) mass is 212 g/mol. The molecule has 0 heterocycles. The number of Topliss-reactive ketones (excluding diaryl/α,β-unsaturated/α-hetero) is 1. The second-order valence-corrected chi connectivity index (χ2v) is 3.04. The highest BCUT2D eigenvalue weighted by molar-refractivity contribution is 5.96. The first-order chi connectivity index (χ1) is 7.15. The number of hydrogen-bond donors (Lipinski definition) is 0. The van der Waals surface area contributed by atoms with Crippen LogP contribution in [0.1, 0.15) is 17.3 Å². The van der Waals surface area contributed by atoms with Crippen molar-refractivity contribution < 1.29 is 18.7 Å². The minimum atomic E-state index is -0.424. The maximum Gasteiger partial charge on any atom is 0.163 e. The van der Waals surface area contributed by atoms with Crippen LogP contribution in [0.2, 0.25) is 0 Å². The quantitative estimate of drug-likeness (QED) is 0.553. The average molecular weight is 212 g/mol. The normalized spacial score (nSPS) is 10.1. The fourth-order valence-corrected chi connectivity index (χ4v) is 1.14. The predicted molar refractivity (Wildman–Crippen MR) is 53.8 cm³/mol. The fraction of sp³-hybridized carbons (Fsp3) is 0.364. The average Bonchev–Trinajstić information content (AvgIpc) is 2.18. The van der Waals surface area contributed by atoms with Crippen molar-refractivity contribution in [3.05, 3.63) is 29.6 Å². The Kier molecular flexibility index (Phi) is 4.24. The maximum atomic E-state index is 12.9. The van der Waals surface area contributed by atoms with Gasteiger partial charge in [-0.05, 0) is 19.1 Å². The Morgan fingerprint density at radius 1 is 1.40 bits per heavy atom. The SMILES string of the molecule is COCCOc1cc(F)ccc1C(C)=O. The van der Waals surface area contributed by atoms with E-state index in [4.69, 9.17) is 9.47 Å². The van der Waals surface area contributed by atoms with Gasteiger partial charge in [0, 0.05) is 13.2 Å². The summed E-state index contributed by atoms with van der Waals surface area (Å²) >= 11 is 0. The molecule has 4 heteroatoms. The molecule has 1 aromatic carbocycles. The summed E-state index contributed by atoms with van der Waals surface area (Å²) < 4.78 is 22.9. The van der Waals surface area contributed by atoms with Crippen molar-refractivity contribution in [2.75, 3.05) is 20.3 Å². The molecule has 0 radical (unpaired) electrons. The standard InChI is InChI=1S/C11H13FO3/c1-8(13)10-4-3-9(12)7-11(10)15-6-5-14-2/h3-4,7H,5-6H2,1-2H3. The molecule has 0 aliphatic carbocycles. The van der Waals surface area contributed by atoms with Crippen molar-refractivity contribution in [3.8, 4) is 5.75 Å². The van der Waals surface area contributed by atoms with Crippen LogP contribution in [0.25, 0.3) is 0 Å². The first-order valence-electron chi connectivity index (χ1n) is 4.57.